The standard InChI is InChI=1S/C16H19N5O2S/c1-11(22)13-8-4-5-9-14(13)17-15(23)10-24-16-18-19-20-21(16)12-6-2-3-7-12/h4-5,8-9,12H,2-3,6-7,10H2,1H3,(H,17,23). The highest BCUT2D eigenvalue weighted by atomic mass is 32.2. The molecule has 0 radical (unpaired) electrons. The number of thioether (sulfide) groups is 1. The van der Waals surface area contributed by atoms with Crippen molar-refractivity contribution in [2.45, 2.75) is 43.8 Å². The predicted octanol–water partition coefficient (Wildman–Crippen LogP) is 2.72. The molecule has 1 fully saturated rings. The zero-order chi connectivity index (χ0) is 16.9. The molecule has 1 N–H and O–H groups in total. The van der Waals surface area contributed by atoms with E-state index in [4.69, 9.17) is 0 Å². The van der Waals surface area contributed by atoms with E-state index in [-0.39, 0.29) is 17.4 Å². The second-order valence-electron chi connectivity index (χ2n) is 5.78. The molecule has 24 heavy (non-hydrogen) atoms. The number of carbonyl (C=O) groups excluding carboxylic acids is 2. The number of anilines is 1. The molecule has 1 aliphatic carbocycles. The predicted molar refractivity (Wildman–Crippen MR) is 91.1 cm³/mol. The van der Waals surface area contributed by atoms with Crippen molar-refractivity contribution in [3.05, 3.63) is 29.8 Å². The number of Topliss-reactive ketones (excluding diaryl/α,β-unsaturated/α-hetero) is 1. The molecule has 1 amide bonds. The molecule has 1 aliphatic rings. The number of tetrazole rings is 1. The maximum Gasteiger partial charge on any atom is 0.234 e. The van der Waals surface area contributed by atoms with Crippen molar-refractivity contribution in [3.8, 4) is 0 Å². The van der Waals surface area contributed by atoms with E-state index in [1.807, 2.05) is 4.68 Å². The number of rotatable bonds is 6. The minimum absolute atomic E-state index is 0.0799. The Morgan fingerprint density at radius 2 is 2.04 bits per heavy atom. The Labute approximate surface area is 144 Å². The molecule has 0 spiro atoms. The first-order valence-electron chi connectivity index (χ1n) is 7.95. The Kier molecular flexibility index (Phi) is 5.24. The van der Waals surface area contributed by atoms with E-state index in [2.05, 4.69) is 20.8 Å². The number of nitrogens with one attached hydrogen (secondary N) is 1. The molecule has 0 atom stereocenters. The first kappa shape index (κ1) is 16.6. The van der Waals surface area contributed by atoms with Crippen LogP contribution < -0.4 is 5.32 Å². The van der Waals surface area contributed by atoms with Crippen LogP contribution >= 0.6 is 11.8 Å². The number of amides is 1. The molecule has 126 valence electrons. The van der Waals surface area contributed by atoms with E-state index in [9.17, 15) is 9.59 Å². The molecule has 0 aliphatic heterocycles. The SMILES string of the molecule is CC(=O)c1ccccc1NC(=O)CSc1nnnn1C1CCCC1. The Bertz CT molecular complexity index is 740. The van der Waals surface area contributed by atoms with Gasteiger partial charge in [-0.15, -0.1) is 5.10 Å². The first-order valence-corrected chi connectivity index (χ1v) is 8.94. The van der Waals surface area contributed by atoms with Gasteiger partial charge in [0.15, 0.2) is 5.78 Å². The summed E-state index contributed by atoms with van der Waals surface area (Å²) < 4.78 is 1.83. The van der Waals surface area contributed by atoms with E-state index in [1.54, 1.807) is 24.3 Å². The number of ketones is 1. The van der Waals surface area contributed by atoms with Crippen LogP contribution in [0, 0.1) is 0 Å². The lowest BCUT2D eigenvalue weighted by Crippen LogP contribution is -2.17. The van der Waals surface area contributed by atoms with Crippen LogP contribution in [0.15, 0.2) is 29.4 Å². The molecule has 1 aromatic heterocycles. The van der Waals surface area contributed by atoms with Crippen LogP contribution in [0.3, 0.4) is 0 Å². The topological polar surface area (TPSA) is 89.8 Å². The van der Waals surface area contributed by atoms with Gasteiger partial charge in [-0.2, -0.15) is 0 Å². The maximum absolute atomic E-state index is 12.2. The van der Waals surface area contributed by atoms with E-state index in [1.165, 1.54) is 31.5 Å². The van der Waals surface area contributed by atoms with Gasteiger partial charge in [0.25, 0.3) is 0 Å². The summed E-state index contributed by atoms with van der Waals surface area (Å²) in [6, 6.07) is 7.32. The van der Waals surface area contributed by atoms with Crippen LogP contribution in [0.5, 0.6) is 0 Å². The lowest BCUT2D eigenvalue weighted by molar-refractivity contribution is -0.113. The number of para-hydroxylation sites is 1. The zero-order valence-electron chi connectivity index (χ0n) is 13.4. The maximum atomic E-state index is 12.2. The normalized spacial score (nSPS) is 14.7. The highest BCUT2D eigenvalue weighted by Gasteiger charge is 2.22. The molecule has 7 nitrogen and oxygen atoms in total. The quantitative estimate of drug-likeness (QED) is 0.639. The van der Waals surface area contributed by atoms with Gasteiger partial charge in [-0.3, -0.25) is 9.59 Å². The molecule has 0 saturated heterocycles. The van der Waals surface area contributed by atoms with E-state index in [0.29, 0.717) is 22.4 Å². The highest BCUT2D eigenvalue weighted by Crippen LogP contribution is 2.31. The molecular formula is C16H19N5O2S. The largest absolute Gasteiger partial charge is 0.325 e. The summed E-state index contributed by atoms with van der Waals surface area (Å²) in [5, 5.41) is 15.3. The number of carbonyl (C=O) groups is 2. The van der Waals surface area contributed by atoms with E-state index >= 15 is 0 Å². The van der Waals surface area contributed by atoms with Crippen LogP contribution in [0.25, 0.3) is 0 Å². The van der Waals surface area contributed by atoms with Crippen LogP contribution in [-0.2, 0) is 4.79 Å². The van der Waals surface area contributed by atoms with E-state index < -0.39 is 0 Å². The monoisotopic (exact) mass is 345 g/mol. The molecule has 1 heterocycles. The van der Waals surface area contributed by atoms with Crippen molar-refractivity contribution < 1.29 is 9.59 Å². The van der Waals surface area contributed by atoms with Gasteiger partial charge in [0.1, 0.15) is 0 Å². The summed E-state index contributed by atoms with van der Waals surface area (Å²) in [7, 11) is 0. The average molecular weight is 345 g/mol. The van der Waals surface area contributed by atoms with Crippen LogP contribution in [0.4, 0.5) is 5.69 Å². The molecular weight excluding hydrogens is 326 g/mol. The minimum atomic E-state index is -0.185. The fraction of sp³-hybridized carbons (Fsp3) is 0.438. The molecule has 0 bridgehead atoms. The van der Waals surface area contributed by atoms with Crippen LogP contribution in [-0.4, -0.2) is 37.7 Å². The van der Waals surface area contributed by atoms with Gasteiger partial charge < -0.3 is 5.32 Å². The smallest absolute Gasteiger partial charge is 0.234 e. The summed E-state index contributed by atoms with van der Waals surface area (Å²) in [6.07, 6.45) is 4.54. The second kappa shape index (κ2) is 7.57. The number of benzene rings is 1. The van der Waals surface area contributed by atoms with Gasteiger partial charge in [-0.1, -0.05) is 36.7 Å². The summed E-state index contributed by atoms with van der Waals surface area (Å²) >= 11 is 1.31. The lowest BCUT2D eigenvalue weighted by Gasteiger charge is -2.11. The lowest BCUT2D eigenvalue weighted by atomic mass is 10.1. The molecule has 3 rings (SSSR count). The van der Waals surface area contributed by atoms with Gasteiger partial charge in [0, 0.05) is 5.56 Å². The Balaban J connectivity index is 1.61. The number of nitrogens with zero attached hydrogens (tertiary/aromatic N) is 4. The average Bonchev–Trinajstić information content (AvgIpc) is 3.24. The van der Waals surface area contributed by atoms with Crippen molar-refractivity contribution in [1.29, 1.82) is 0 Å². The third-order valence-corrected chi connectivity index (χ3v) is 4.98. The summed E-state index contributed by atoms with van der Waals surface area (Å²) in [4.78, 5) is 23.8. The summed E-state index contributed by atoms with van der Waals surface area (Å²) in [6.45, 7) is 1.48. The second-order valence-corrected chi connectivity index (χ2v) is 6.73. The zero-order valence-corrected chi connectivity index (χ0v) is 14.3. The fourth-order valence-corrected chi connectivity index (χ4v) is 3.62. The van der Waals surface area contributed by atoms with Crippen LogP contribution in [0.2, 0.25) is 0 Å². The number of aromatic nitrogens is 4. The van der Waals surface area contributed by atoms with Gasteiger partial charge in [-0.05, 0) is 42.3 Å². The molecule has 8 heteroatoms. The summed E-state index contributed by atoms with van der Waals surface area (Å²) in [5.41, 5.74) is 1.04. The van der Waals surface area contributed by atoms with E-state index in [0.717, 1.165) is 12.8 Å². The van der Waals surface area contributed by atoms with Crippen molar-refractivity contribution in [2.75, 3.05) is 11.1 Å². The van der Waals surface area contributed by atoms with Gasteiger partial charge in [-0.25, -0.2) is 4.68 Å². The molecule has 1 saturated carbocycles. The Morgan fingerprint density at radius 1 is 1.29 bits per heavy atom. The third kappa shape index (κ3) is 3.81. The minimum Gasteiger partial charge on any atom is -0.325 e. The summed E-state index contributed by atoms with van der Waals surface area (Å²) in [5.74, 6) is -0.0716. The number of hydrogen-bond donors (Lipinski definition) is 1. The van der Waals surface area contributed by atoms with Crippen molar-refractivity contribution >= 4 is 29.1 Å². The molecule has 2 aromatic rings. The van der Waals surface area contributed by atoms with Gasteiger partial charge >= 0.3 is 0 Å². The molecule has 0 unspecified atom stereocenters. The fourth-order valence-electron chi connectivity index (χ4n) is 2.87. The van der Waals surface area contributed by atoms with Gasteiger partial charge in [0.2, 0.25) is 11.1 Å². The van der Waals surface area contributed by atoms with Gasteiger partial charge in [0.05, 0.1) is 17.5 Å². The Morgan fingerprint density at radius 3 is 2.79 bits per heavy atom. The van der Waals surface area contributed by atoms with Crippen molar-refractivity contribution in [2.24, 2.45) is 0 Å². The van der Waals surface area contributed by atoms with Crippen molar-refractivity contribution in [3.63, 3.8) is 0 Å². The van der Waals surface area contributed by atoms with Crippen LogP contribution in [0.1, 0.15) is 49.0 Å². The number of hydrogen-bond acceptors (Lipinski definition) is 6. The third-order valence-electron chi connectivity index (χ3n) is 4.05. The highest BCUT2D eigenvalue weighted by molar-refractivity contribution is 7.99. The van der Waals surface area contributed by atoms with Crippen molar-refractivity contribution in [1.82, 2.24) is 20.2 Å². The first-order chi connectivity index (χ1) is 11.6. The Hall–Kier alpha value is -2.22. The molecule has 1 aromatic carbocycles.